The first kappa shape index (κ1) is 14.7. The van der Waals surface area contributed by atoms with Gasteiger partial charge < -0.3 is 14.2 Å². The van der Waals surface area contributed by atoms with E-state index in [4.69, 9.17) is 14.2 Å². The Hall–Kier alpha value is -1.71. The number of hydrogen-bond donors (Lipinski definition) is 0. The van der Waals surface area contributed by atoms with Crippen LogP contribution >= 0.6 is 0 Å². The van der Waals surface area contributed by atoms with Gasteiger partial charge in [0.05, 0.1) is 19.1 Å². The van der Waals surface area contributed by atoms with E-state index >= 15 is 0 Å². The van der Waals surface area contributed by atoms with E-state index in [0.717, 1.165) is 17.7 Å². The van der Waals surface area contributed by atoms with Gasteiger partial charge in [-0.25, -0.2) is 0 Å². The number of fused-ring (bicyclic) bond motifs is 1. The zero-order valence-corrected chi connectivity index (χ0v) is 12.6. The maximum Gasteiger partial charge on any atom is 0.313 e. The molecule has 1 aromatic rings. The topological polar surface area (TPSA) is 44.8 Å². The van der Waals surface area contributed by atoms with Gasteiger partial charge in [0, 0.05) is 6.42 Å². The van der Waals surface area contributed by atoms with Crippen molar-refractivity contribution in [2.45, 2.75) is 45.6 Å². The minimum atomic E-state index is -0.476. The van der Waals surface area contributed by atoms with Gasteiger partial charge in [-0.3, -0.25) is 4.79 Å². The van der Waals surface area contributed by atoms with Crippen molar-refractivity contribution in [3.63, 3.8) is 0 Å². The minimum Gasteiger partial charge on any atom is -0.490 e. The maximum absolute atomic E-state index is 12.1. The number of esters is 1. The lowest BCUT2D eigenvalue weighted by Gasteiger charge is -2.22. The van der Waals surface area contributed by atoms with Gasteiger partial charge >= 0.3 is 5.97 Å². The molecule has 0 radical (unpaired) electrons. The molecule has 20 heavy (non-hydrogen) atoms. The molecular formula is C16H22O4. The van der Waals surface area contributed by atoms with E-state index in [1.807, 2.05) is 45.9 Å². The van der Waals surface area contributed by atoms with Crippen molar-refractivity contribution >= 4 is 5.97 Å². The van der Waals surface area contributed by atoms with Gasteiger partial charge in [0.2, 0.25) is 0 Å². The van der Waals surface area contributed by atoms with Crippen LogP contribution in [0.2, 0.25) is 0 Å². The number of hydrogen-bond acceptors (Lipinski definition) is 4. The van der Waals surface area contributed by atoms with E-state index in [-0.39, 0.29) is 11.9 Å². The van der Waals surface area contributed by atoms with Crippen LogP contribution in [0.5, 0.6) is 11.5 Å². The van der Waals surface area contributed by atoms with E-state index < -0.39 is 5.60 Å². The van der Waals surface area contributed by atoms with Gasteiger partial charge in [-0.15, -0.1) is 0 Å². The van der Waals surface area contributed by atoms with Crippen molar-refractivity contribution < 1.29 is 19.0 Å². The Morgan fingerprint density at radius 2 is 1.85 bits per heavy atom. The molecule has 0 N–H and O–H groups in total. The Morgan fingerprint density at radius 3 is 2.50 bits per heavy atom. The fraction of sp³-hybridized carbons (Fsp3) is 0.562. The summed E-state index contributed by atoms with van der Waals surface area (Å²) in [4.78, 5) is 12.1. The first-order valence-electron chi connectivity index (χ1n) is 6.99. The first-order chi connectivity index (χ1) is 9.37. The monoisotopic (exact) mass is 278 g/mol. The van der Waals surface area contributed by atoms with Gasteiger partial charge in [-0.2, -0.15) is 0 Å². The van der Waals surface area contributed by atoms with Crippen molar-refractivity contribution in [2.24, 2.45) is 0 Å². The summed E-state index contributed by atoms with van der Waals surface area (Å²) in [6.07, 6.45) is 0.867. The highest BCUT2D eigenvalue weighted by atomic mass is 16.6. The van der Waals surface area contributed by atoms with Crippen LogP contribution in [-0.2, 0) is 9.53 Å². The number of benzene rings is 1. The lowest BCUT2D eigenvalue weighted by atomic mass is 10.0. The summed E-state index contributed by atoms with van der Waals surface area (Å²) in [6, 6.07) is 5.62. The molecule has 2 rings (SSSR count). The zero-order valence-electron chi connectivity index (χ0n) is 12.6. The number of carbonyl (C=O) groups is 1. The lowest BCUT2D eigenvalue weighted by Crippen LogP contribution is -2.26. The van der Waals surface area contributed by atoms with Crippen LogP contribution in [0.15, 0.2) is 18.2 Å². The summed E-state index contributed by atoms with van der Waals surface area (Å²) < 4.78 is 16.6. The molecular weight excluding hydrogens is 256 g/mol. The number of carbonyl (C=O) groups excluding carboxylic acids is 1. The van der Waals surface area contributed by atoms with Crippen LogP contribution in [0, 0.1) is 0 Å². The molecule has 1 heterocycles. The smallest absolute Gasteiger partial charge is 0.313 e. The van der Waals surface area contributed by atoms with E-state index in [0.29, 0.717) is 19.0 Å². The van der Waals surface area contributed by atoms with Crippen molar-refractivity contribution in [3.05, 3.63) is 23.8 Å². The molecule has 0 amide bonds. The Labute approximate surface area is 120 Å². The molecule has 0 aromatic heterocycles. The minimum absolute atomic E-state index is 0.230. The lowest BCUT2D eigenvalue weighted by molar-refractivity contribution is -0.156. The molecule has 0 spiro atoms. The second kappa shape index (κ2) is 5.73. The van der Waals surface area contributed by atoms with Crippen LogP contribution in [0.1, 0.15) is 45.6 Å². The SMILES string of the molecule is CC(C(=O)OC(C)(C)C)c1ccc2c(c1)OCCCO2. The average Bonchev–Trinajstić information content (AvgIpc) is 2.59. The summed E-state index contributed by atoms with van der Waals surface area (Å²) in [5, 5.41) is 0. The Bertz CT molecular complexity index is 488. The maximum atomic E-state index is 12.1. The van der Waals surface area contributed by atoms with Gasteiger partial charge in [0.25, 0.3) is 0 Å². The molecule has 0 saturated heterocycles. The Kier molecular flexibility index (Phi) is 4.21. The molecule has 0 saturated carbocycles. The molecule has 0 fully saturated rings. The summed E-state index contributed by atoms with van der Waals surface area (Å²) in [6.45, 7) is 8.74. The second-order valence-electron chi connectivity index (χ2n) is 6.01. The fourth-order valence-corrected chi connectivity index (χ4v) is 1.98. The summed E-state index contributed by atoms with van der Waals surface area (Å²) >= 11 is 0. The average molecular weight is 278 g/mol. The summed E-state index contributed by atoms with van der Waals surface area (Å²) in [7, 11) is 0. The Morgan fingerprint density at radius 1 is 1.20 bits per heavy atom. The molecule has 0 aliphatic carbocycles. The van der Waals surface area contributed by atoms with Gasteiger partial charge in [0.15, 0.2) is 11.5 Å². The molecule has 1 atom stereocenters. The molecule has 4 nitrogen and oxygen atoms in total. The fourth-order valence-electron chi connectivity index (χ4n) is 1.98. The Balaban J connectivity index is 2.16. The molecule has 4 heteroatoms. The van der Waals surface area contributed by atoms with Gasteiger partial charge in [0.1, 0.15) is 5.60 Å². The largest absolute Gasteiger partial charge is 0.490 e. The molecule has 1 aromatic carbocycles. The van der Waals surface area contributed by atoms with Crippen LogP contribution in [0.3, 0.4) is 0 Å². The van der Waals surface area contributed by atoms with E-state index in [1.54, 1.807) is 0 Å². The van der Waals surface area contributed by atoms with Crippen molar-refractivity contribution in [2.75, 3.05) is 13.2 Å². The highest BCUT2D eigenvalue weighted by Gasteiger charge is 2.24. The first-order valence-corrected chi connectivity index (χ1v) is 6.99. The van der Waals surface area contributed by atoms with Crippen LogP contribution in [-0.4, -0.2) is 24.8 Å². The molecule has 1 unspecified atom stereocenters. The quantitative estimate of drug-likeness (QED) is 0.779. The third-order valence-corrected chi connectivity index (χ3v) is 3.03. The van der Waals surface area contributed by atoms with Crippen LogP contribution in [0.4, 0.5) is 0 Å². The standard InChI is InChI=1S/C16H22O4/c1-11(15(17)20-16(2,3)4)12-6-7-13-14(10-12)19-9-5-8-18-13/h6-7,10-11H,5,8-9H2,1-4H3. The summed E-state index contributed by atoms with van der Waals surface area (Å²) in [5.41, 5.74) is 0.403. The van der Waals surface area contributed by atoms with E-state index in [2.05, 4.69) is 0 Å². The highest BCUT2D eigenvalue weighted by molar-refractivity contribution is 5.78. The van der Waals surface area contributed by atoms with Gasteiger partial charge in [-0.05, 0) is 45.4 Å². The van der Waals surface area contributed by atoms with Gasteiger partial charge in [-0.1, -0.05) is 6.07 Å². The predicted octanol–water partition coefficient (Wildman–Crippen LogP) is 3.29. The highest BCUT2D eigenvalue weighted by Crippen LogP contribution is 2.33. The molecule has 0 bridgehead atoms. The van der Waals surface area contributed by atoms with E-state index in [9.17, 15) is 4.79 Å². The second-order valence-corrected chi connectivity index (χ2v) is 6.01. The van der Waals surface area contributed by atoms with Crippen LogP contribution in [0.25, 0.3) is 0 Å². The number of rotatable bonds is 2. The number of ether oxygens (including phenoxy) is 3. The third kappa shape index (κ3) is 3.65. The van der Waals surface area contributed by atoms with E-state index in [1.165, 1.54) is 0 Å². The van der Waals surface area contributed by atoms with Crippen LogP contribution < -0.4 is 9.47 Å². The molecule has 1 aliphatic rings. The normalized spacial score (nSPS) is 16.2. The zero-order chi connectivity index (χ0) is 14.8. The molecule has 1 aliphatic heterocycles. The van der Waals surface area contributed by atoms with Crippen molar-refractivity contribution in [1.29, 1.82) is 0 Å². The van der Waals surface area contributed by atoms with Crippen molar-refractivity contribution in [3.8, 4) is 11.5 Å². The predicted molar refractivity (Wildman–Crippen MR) is 76.3 cm³/mol. The third-order valence-electron chi connectivity index (χ3n) is 3.03. The summed E-state index contributed by atoms with van der Waals surface area (Å²) in [5.74, 6) is 0.886. The molecule has 110 valence electrons. The van der Waals surface area contributed by atoms with Crippen molar-refractivity contribution in [1.82, 2.24) is 0 Å².